The molecule has 0 spiro atoms. The van der Waals surface area contributed by atoms with Gasteiger partial charge < -0.3 is 5.32 Å². The highest BCUT2D eigenvalue weighted by molar-refractivity contribution is 5.44. The molecule has 0 aliphatic rings. The van der Waals surface area contributed by atoms with Crippen molar-refractivity contribution in [2.75, 3.05) is 7.05 Å². The first-order valence-corrected chi connectivity index (χ1v) is 6.95. The van der Waals surface area contributed by atoms with Crippen LogP contribution in [-0.2, 0) is 13.0 Å². The third kappa shape index (κ3) is 2.87. The molecule has 1 N–H and O–H groups in total. The molecular weight excluding hydrogens is 234 g/mol. The maximum atomic E-state index is 4.60. The van der Waals surface area contributed by atoms with Crippen molar-refractivity contribution in [2.45, 2.75) is 40.2 Å². The Morgan fingerprint density at radius 2 is 2.05 bits per heavy atom. The number of hydrogen-bond donors (Lipinski definition) is 1. The van der Waals surface area contributed by atoms with Gasteiger partial charge in [0, 0.05) is 17.8 Å². The van der Waals surface area contributed by atoms with Crippen molar-refractivity contribution < 1.29 is 0 Å². The summed E-state index contributed by atoms with van der Waals surface area (Å²) in [5, 5.41) is 7.82. The lowest BCUT2D eigenvalue weighted by Crippen LogP contribution is -2.10. The highest BCUT2D eigenvalue weighted by Gasteiger charge is 2.12. The van der Waals surface area contributed by atoms with Gasteiger partial charge in [-0.05, 0) is 44.5 Å². The number of nitrogens with one attached hydrogen (secondary N) is 1. The summed E-state index contributed by atoms with van der Waals surface area (Å²) < 4.78 is 2.11. The summed E-state index contributed by atoms with van der Waals surface area (Å²) >= 11 is 0. The van der Waals surface area contributed by atoms with Crippen molar-refractivity contribution >= 4 is 0 Å². The third-order valence-corrected chi connectivity index (χ3v) is 3.40. The van der Waals surface area contributed by atoms with Crippen LogP contribution in [0.3, 0.4) is 0 Å². The molecule has 1 aromatic carbocycles. The number of benzene rings is 1. The molecule has 102 valence electrons. The van der Waals surface area contributed by atoms with Crippen LogP contribution in [-0.4, -0.2) is 16.8 Å². The van der Waals surface area contributed by atoms with Gasteiger partial charge in [0.15, 0.2) is 0 Å². The van der Waals surface area contributed by atoms with E-state index in [0.29, 0.717) is 0 Å². The lowest BCUT2D eigenvalue weighted by Gasteiger charge is -2.12. The first-order valence-electron chi connectivity index (χ1n) is 6.95. The first kappa shape index (κ1) is 13.8. The highest BCUT2D eigenvalue weighted by atomic mass is 15.3. The molecule has 3 heteroatoms. The van der Waals surface area contributed by atoms with Crippen molar-refractivity contribution in [3.05, 3.63) is 46.8 Å². The number of rotatable bonds is 5. The smallest absolute Gasteiger partial charge is 0.0680 e. The van der Waals surface area contributed by atoms with E-state index in [4.69, 9.17) is 0 Å². The number of aromatic nitrogens is 2. The average molecular weight is 257 g/mol. The first-order chi connectivity index (χ1) is 9.17. The molecule has 0 saturated carbocycles. The van der Waals surface area contributed by atoms with E-state index >= 15 is 0 Å². The van der Waals surface area contributed by atoms with Gasteiger partial charge in [-0.25, -0.2) is 4.68 Å². The third-order valence-electron chi connectivity index (χ3n) is 3.40. The summed E-state index contributed by atoms with van der Waals surface area (Å²) in [6.07, 6.45) is 4.18. The minimum absolute atomic E-state index is 0.875. The second-order valence-electron chi connectivity index (χ2n) is 5.10. The van der Waals surface area contributed by atoms with Gasteiger partial charge in [-0.2, -0.15) is 5.10 Å². The molecule has 0 fully saturated rings. The molecule has 0 saturated heterocycles. The Morgan fingerprint density at radius 1 is 1.26 bits per heavy atom. The Kier molecular flexibility index (Phi) is 4.38. The van der Waals surface area contributed by atoms with Gasteiger partial charge in [-0.1, -0.05) is 25.5 Å². The van der Waals surface area contributed by atoms with E-state index in [0.717, 1.165) is 19.4 Å². The van der Waals surface area contributed by atoms with Crippen LogP contribution in [0, 0.1) is 13.8 Å². The lowest BCUT2D eigenvalue weighted by molar-refractivity contribution is 0.747. The monoisotopic (exact) mass is 257 g/mol. The Morgan fingerprint density at radius 3 is 2.74 bits per heavy atom. The molecular formula is C16H23N3. The predicted octanol–water partition coefficient (Wildman–Crippen LogP) is 3.16. The molecule has 19 heavy (non-hydrogen) atoms. The zero-order chi connectivity index (χ0) is 13.8. The molecule has 0 atom stereocenters. The topological polar surface area (TPSA) is 29.9 Å². The molecule has 0 radical (unpaired) electrons. The molecule has 0 amide bonds. The SMILES string of the molecule is CCCc1c(CNC)cnn1-c1cc(C)ccc1C. The lowest BCUT2D eigenvalue weighted by atomic mass is 10.1. The number of hydrogen-bond acceptors (Lipinski definition) is 2. The van der Waals surface area contributed by atoms with Gasteiger partial charge in [0.05, 0.1) is 11.9 Å². The van der Waals surface area contributed by atoms with Gasteiger partial charge >= 0.3 is 0 Å². The Bertz CT molecular complexity index is 555. The van der Waals surface area contributed by atoms with Crippen molar-refractivity contribution in [1.29, 1.82) is 0 Å². The van der Waals surface area contributed by atoms with Crippen LogP contribution < -0.4 is 5.32 Å². The van der Waals surface area contributed by atoms with Crippen LogP contribution in [0.1, 0.15) is 35.7 Å². The molecule has 1 aromatic heterocycles. The van der Waals surface area contributed by atoms with Crippen molar-refractivity contribution in [3.8, 4) is 5.69 Å². The Hall–Kier alpha value is -1.61. The summed E-state index contributed by atoms with van der Waals surface area (Å²) in [7, 11) is 1.98. The summed E-state index contributed by atoms with van der Waals surface area (Å²) in [5.74, 6) is 0. The van der Waals surface area contributed by atoms with Crippen LogP contribution in [0.15, 0.2) is 24.4 Å². The molecule has 0 unspecified atom stereocenters. The van der Waals surface area contributed by atoms with Crippen molar-refractivity contribution in [1.82, 2.24) is 15.1 Å². The second-order valence-corrected chi connectivity index (χ2v) is 5.10. The zero-order valence-corrected chi connectivity index (χ0v) is 12.3. The van der Waals surface area contributed by atoms with Gasteiger partial charge in [-0.3, -0.25) is 0 Å². The summed E-state index contributed by atoms with van der Waals surface area (Å²) in [5.41, 5.74) is 6.36. The number of nitrogens with zero attached hydrogens (tertiary/aromatic N) is 2. The number of aryl methyl sites for hydroxylation is 2. The fourth-order valence-electron chi connectivity index (χ4n) is 2.40. The van der Waals surface area contributed by atoms with Gasteiger partial charge in [-0.15, -0.1) is 0 Å². The minimum Gasteiger partial charge on any atom is -0.316 e. The molecule has 2 aromatic rings. The Labute approximate surface area is 115 Å². The Balaban J connectivity index is 2.51. The normalized spacial score (nSPS) is 10.9. The molecule has 0 aliphatic heterocycles. The van der Waals surface area contributed by atoms with E-state index in [1.807, 2.05) is 13.2 Å². The molecule has 2 rings (SSSR count). The molecule has 3 nitrogen and oxygen atoms in total. The maximum Gasteiger partial charge on any atom is 0.0680 e. The minimum atomic E-state index is 0.875. The van der Waals surface area contributed by atoms with E-state index in [1.54, 1.807) is 0 Å². The van der Waals surface area contributed by atoms with E-state index in [1.165, 1.54) is 28.1 Å². The largest absolute Gasteiger partial charge is 0.316 e. The van der Waals surface area contributed by atoms with Crippen LogP contribution in [0.25, 0.3) is 5.69 Å². The van der Waals surface area contributed by atoms with Crippen LogP contribution in [0.2, 0.25) is 0 Å². The van der Waals surface area contributed by atoms with E-state index in [2.05, 4.69) is 54.1 Å². The van der Waals surface area contributed by atoms with E-state index in [9.17, 15) is 0 Å². The zero-order valence-electron chi connectivity index (χ0n) is 12.3. The fourth-order valence-corrected chi connectivity index (χ4v) is 2.40. The van der Waals surface area contributed by atoms with Gasteiger partial charge in [0.2, 0.25) is 0 Å². The molecule has 0 aliphatic carbocycles. The van der Waals surface area contributed by atoms with Crippen molar-refractivity contribution in [2.24, 2.45) is 0 Å². The maximum absolute atomic E-state index is 4.60. The van der Waals surface area contributed by atoms with E-state index < -0.39 is 0 Å². The van der Waals surface area contributed by atoms with Crippen LogP contribution >= 0.6 is 0 Å². The van der Waals surface area contributed by atoms with E-state index in [-0.39, 0.29) is 0 Å². The average Bonchev–Trinajstić information content (AvgIpc) is 2.77. The highest BCUT2D eigenvalue weighted by Crippen LogP contribution is 2.20. The summed E-state index contributed by atoms with van der Waals surface area (Å²) in [6, 6.07) is 6.53. The second kappa shape index (κ2) is 6.02. The summed E-state index contributed by atoms with van der Waals surface area (Å²) in [6.45, 7) is 7.36. The van der Waals surface area contributed by atoms with Crippen LogP contribution in [0.4, 0.5) is 0 Å². The standard InChI is InChI=1S/C16H23N3/c1-5-6-15-14(10-17-4)11-18-19(15)16-9-12(2)7-8-13(16)3/h7-9,11,17H,5-6,10H2,1-4H3. The van der Waals surface area contributed by atoms with Crippen LogP contribution in [0.5, 0.6) is 0 Å². The predicted molar refractivity (Wildman–Crippen MR) is 79.8 cm³/mol. The quantitative estimate of drug-likeness (QED) is 0.891. The molecule has 1 heterocycles. The summed E-state index contributed by atoms with van der Waals surface area (Å²) in [4.78, 5) is 0. The fraction of sp³-hybridized carbons (Fsp3) is 0.438. The molecule has 0 bridgehead atoms. The van der Waals surface area contributed by atoms with Gasteiger partial charge in [0.1, 0.15) is 0 Å². The van der Waals surface area contributed by atoms with Gasteiger partial charge in [0.25, 0.3) is 0 Å². The van der Waals surface area contributed by atoms with Crippen molar-refractivity contribution in [3.63, 3.8) is 0 Å².